The third-order valence-corrected chi connectivity index (χ3v) is 2.24. The van der Waals surface area contributed by atoms with Gasteiger partial charge in [0, 0.05) is 12.0 Å². The zero-order chi connectivity index (χ0) is 12.9. The van der Waals surface area contributed by atoms with Gasteiger partial charge in [0.05, 0.1) is 6.61 Å². The lowest BCUT2D eigenvalue weighted by Crippen LogP contribution is -2.09. The predicted molar refractivity (Wildman–Crippen MR) is 57.4 cm³/mol. The smallest absolute Gasteiger partial charge is 0.389 e. The molecule has 0 bridgehead atoms. The Morgan fingerprint density at radius 1 is 1.35 bits per heavy atom. The van der Waals surface area contributed by atoms with E-state index in [1.807, 2.05) is 0 Å². The van der Waals surface area contributed by atoms with Crippen LogP contribution in [0.15, 0.2) is 18.2 Å². The van der Waals surface area contributed by atoms with Crippen molar-refractivity contribution in [3.63, 3.8) is 0 Å². The predicted octanol–water partition coefficient (Wildman–Crippen LogP) is 3.53. The summed E-state index contributed by atoms with van der Waals surface area (Å²) in [6.45, 7) is 1.76. The second-order valence-corrected chi connectivity index (χ2v) is 3.70. The molecule has 0 aromatic heterocycles. The second-order valence-electron chi connectivity index (χ2n) is 3.70. The van der Waals surface area contributed by atoms with Crippen molar-refractivity contribution in [3.8, 4) is 5.75 Å². The van der Waals surface area contributed by atoms with Crippen LogP contribution >= 0.6 is 0 Å². The summed E-state index contributed by atoms with van der Waals surface area (Å²) in [4.78, 5) is 10.5. The molecule has 0 unspecified atom stereocenters. The highest BCUT2D eigenvalue weighted by atomic mass is 19.4. The molecule has 1 aromatic carbocycles. The van der Waals surface area contributed by atoms with Crippen molar-refractivity contribution in [2.24, 2.45) is 0 Å². The quantitative estimate of drug-likeness (QED) is 0.586. The summed E-state index contributed by atoms with van der Waals surface area (Å²) in [7, 11) is 0. The number of carbonyl (C=O) groups is 1. The lowest BCUT2D eigenvalue weighted by Gasteiger charge is -2.09. The SMILES string of the molecule is Cc1cc(OCCCC(F)(F)F)ccc1C=O. The first-order chi connectivity index (χ1) is 7.92. The number of halogens is 3. The van der Waals surface area contributed by atoms with Crippen LogP contribution in [0.3, 0.4) is 0 Å². The van der Waals surface area contributed by atoms with E-state index in [2.05, 4.69) is 0 Å². The summed E-state index contributed by atoms with van der Waals surface area (Å²) in [6, 6.07) is 4.79. The zero-order valence-corrected chi connectivity index (χ0v) is 9.38. The molecule has 0 heterocycles. The number of alkyl halides is 3. The average molecular weight is 246 g/mol. The molecule has 0 aliphatic rings. The van der Waals surface area contributed by atoms with Crippen molar-refractivity contribution in [3.05, 3.63) is 29.3 Å². The monoisotopic (exact) mass is 246 g/mol. The molecule has 0 atom stereocenters. The molecule has 1 aromatic rings. The summed E-state index contributed by atoms with van der Waals surface area (Å²) in [5.41, 5.74) is 1.29. The first-order valence-electron chi connectivity index (χ1n) is 5.18. The van der Waals surface area contributed by atoms with E-state index in [4.69, 9.17) is 4.74 Å². The van der Waals surface area contributed by atoms with Crippen molar-refractivity contribution < 1.29 is 22.7 Å². The van der Waals surface area contributed by atoms with Crippen LogP contribution in [0, 0.1) is 6.92 Å². The summed E-state index contributed by atoms with van der Waals surface area (Å²) < 4.78 is 40.7. The highest BCUT2D eigenvalue weighted by Crippen LogP contribution is 2.22. The van der Waals surface area contributed by atoms with Gasteiger partial charge in [-0.15, -0.1) is 0 Å². The van der Waals surface area contributed by atoms with E-state index in [1.165, 1.54) is 0 Å². The maximum absolute atomic E-state index is 11.8. The molecule has 0 amide bonds. The molecule has 94 valence electrons. The fourth-order valence-electron chi connectivity index (χ4n) is 1.33. The Morgan fingerprint density at radius 2 is 2.06 bits per heavy atom. The molecule has 0 N–H and O–H groups in total. The molecule has 0 saturated heterocycles. The van der Waals surface area contributed by atoms with Gasteiger partial charge in [-0.3, -0.25) is 4.79 Å². The topological polar surface area (TPSA) is 26.3 Å². The van der Waals surface area contributed by atoms with Crippen molar-refractivity contribution >= 4 is 6.29 Å². The van der Waals surface area contributed by atoms with Crippen LogP contribution in [0.2, 0.25) is 0 Å². The van der Waals surface area contributed by atoms with Crippen LogP contribution in [-0.4, -0.2) is 19.1 Å². The Kier molecular flexibility index (Phi) is 4.54. The van der Waals surface area contributed by atoms with Gasteiger partial charge in [0.15, 0.2) is 0 Å². The van der Waals surface area contributed by atoms with E-state index in [0.717, 1.165) is 11.8 Å². The second kappa shape index (κ2) is 5.70. The van der Waals surface area contributed by atoms with Gasteiger partial charge in [-0.25, -0.2) is 0 Å². The number of benzene rings is 1. The molecule has 0 aliphatic heterocycles. The van der Waals surface area contributed by atoms with Crippen LogP contribution in [0.25, 0.3) is 0 Å². The molecular formula is C12H13F3O2. The third-order valence-electron chi connectivity index (χ3n) is 2.24. The van der Waals surface area contributed by atoms with Crippen molar-refractivity contribution in [2.45, 2.75) is 25.9 Å². The van der Waals surface area contributed by atoms with E-state index in [1.54, 1.807) is 25.1 Å². The minimum absolute atomic E-state index is 0.0133. The lowest BCUT2D eigenvalue weighted by molar-refractivity contribution is -0.136. The van der Waals surface area contributed by atoms with E-state index < -0.39 is 12.6 Å². The molecule has 0 spiro atoms. The van der Waals surface area contributed by atoms with E-state index in [9.17, 15) is 18.0 Å². The Hall–Kier alpha value is -1.52. The molecular weight excluding hydrogens is 233 g/mol. The van der Waals surface area contributed by atoms with Crippen molar-refractivity contribution in [2.75, 3.05) is 6.61 Å². The summed E-state index contributed by atoms with van der Waals surface area (Å²) in [5.74, 6) is 0.482. The third kappa shape index (κ3) is 4.89. The number of hydrogen-bond donors (Lipinski definition) is 0. The molecule has 0 fully saturated rings. The van der Waals surface area contributed by atoms with Crippen LogP contribution < -0.4 is 4.74 Å². The van der Waals surface area contributed by atoms with Crippen LogP contribution in [0.5, 0.6) is 5.75 Å². The number of rotatable bonds is 5. The van der Waals surface area contributed by atoms with Gasteiger partial charge < -0.3 is 4.74 Å². The number of aryl methyl sites for hydroxylation is 1. The Bertz CT molecular complexity index is 386. The van der Waals surface area contributed by atoms with Gasteiger partial charge in [0.1, 0.15) is 12.0 Å². The largest absolute Gasteiger partial charge is 0.494 e. The minimum atomic E-state index is -4.14. The van der Waals surface area contributed by atoms with Gasteiger partial charge in [0.25, 0.3) is 0 Å². The number of carbonyl (C=O) groups excluding carboxylic acids is 1. The Morgan fingerprint density at radius 3 is 2.59 bits per heavy atom. The standard InChI is InChI=1S/C12H13F3O2/c1-9-7-11(4-3-10(9)8-16)17-6-2-5-12(13,14)15/h3-4,7-8H,2,5-6H2,1H3. The Balaban J connectivity index is 2.42. The van der Waals surface area contributed by atoms with Gasteiger partial charge in [-0.1, -0.05) is 0 Å². The average Bonchev–Trinajstić information content (AvgIpc) is 2.23. The fourth-order valence-corrected chi connectivity index (χ4v) is 1.33. The number of aldehydes is 1. The molecule has 0 aliphatic carbocycles. The van der Waals surface area contributed by atoms with Gasteiger partial charge in [-0.2, -0.15) is 13.2 Å². The molecule has 0 saturated carbocycles. The first kappa shape index (κ1) is 13.5. The van der Waals surface area contributed by atoms with Crippen LogP contribution in [-0.2, 0) is 0 Å². The highest BCUT2D eigenvalue weighted by molar-refractivity contribution is 5.77. The van der Waals surface area contributed by atoms with Crippen molar-refractivity contribution in [1.82, 2.24) is 0 Å². The highest BCUT2D eigenvalue weighted by Gasteiger charge is 2.26. The lowest BCUT2D eigenvalue weighted by atomic mass is 10.1. The summed E-state index contributed by atoms with van der Waals surface area (Å²) >= 11 is 0. The summed E-state index contributed by atoms with van der Waals surface area (Å²) in [6.07, 6.45) is -4.33. The molecule has 5 heteroatoms. The van der Waals surface area contributed by atoms with Crippen LogP contribution in [0.1, 0.15) is 28.8 Å². The summed E-state index contributed by atoms with van der Waals surface area (Å²) in [5, 5.41) is 0. The van der Waals surface area contributed by atoms with Crippen molar-refractivity contribution in [1.29, 1.82) is 0 Å². The van der Waals surface area contributed by atoms with Gasteiger partial charge >= 0.3 is 6.18 Å². The van der Waals surface area contributed by atoms with E-state index >= 15 is 0 Å². The number of hydrogen-bond acceptors (Lipinski definition) is 2. The normalized spacial score (nSPS) is 11.3. The maximum atomic E-state index is 11.8. The molecule has 2 nitrogen and oxygen atoms in total. The first-order valence-corrected chi connectivity index (χ1v) is 5.18. The fraction of sp³-hybridized carbons (Fsp3) is 0.417. The number of ether oxygens (including phenoxy) is 1. The molecule has 0 radical (unpaired) electrons. The molecule has 1 rings (SSSR count). The Labute approximate surface area is 97.4 Å². The molecule has 17 heavy (non-hydrogen) atoms. The van der Waals surface area contributed by atoms with Gasteiger partial charge in [-0.05, 0) is 37.1 Å². The van der Waals surface area contributed by atoms with Gasteiger partial charge in [0.2, 0.25) is 0 Å². The zero-order valence-electron chi connectivity index (χ0n) is 9.38. The van der Waals surface area contributed by atoms with Crippen LogP contribution in [0.4, 0.5) is 13.2 Å². The van der Waals surface area contributed by atoms with E-state index in [-0.39, 0.29) is 13.0 Å². The maximum Gasteiger partial charge on any atom is 0.389 e. The van der Waals surface area contributed by atoms with E-state index in [0.29, 0.717) is 11.3 Å². The minimum Gasteiger partial charge on any atom is -0.494 e.